The number of alkyl halides is 1. The first-order chi connectivity index (χ1) is 11.3. The number of imidazole rings is 1. The molecule has 114 valence electrons. The van der Waals surface area contributed by atoms with Crippen molar-refractivity contribution in [3.05, 3.63) is 72.1 Å². The summed E-state index contributed by atoms with van der Waals surface area (Å²) in [5.74, 6) is 1.56. The number of carbonyl (C=O) groups is 1. The molecule has 1 unspecified atom stereocenters. The first kappa shape index (κ1) is 14.2. The predicted molar refractivity (Wildman–Crippen MR) is 91.0 cm³/mol. The Kier molecular flexibility index (Phi) is 3.50. The van der Waals surface area contributed by atoms with Gasteiger partial charge in [0.1, 0.15) is 11.6 Å². The number of benzene rings is 2. The monoisotopic (exact) mass is 368 g/mol. The van der Waals surface area contributed by atoms with Crippen LogP contribution in [0.1, 0.15) is 22.1 Å². The van der Waals surface area contributed by atoms with Gasteiger partial charge in [0.25, 0.3) is 0 Å². The van der Waals surface area contributed by atoms with Crippen LogP contribution in [0.4, 0.5) is 0 Å². The molecule has 4 rings (SSSR count). The lowest BCUT2D eigenvalue weighted by molar-refractivity contribution is 0.102. The van der Waals surface area contributed by atoms with Crippen molar-refractivity contribution < 1.29 is 9.53 Å². The zero-order chi connectivity index (χ0) is 15.8. The Balaban J connectivity index is 1.84. The summed E-state index contributed by atoms with van der Waals surface area (Å²) in [5.41, 5.74) is 2.57. The highest BCUT2D eigenvalue weighted by Crippen LogP contribution is 2.40. The quantitative estimate of drug-likeness (QED) is 0.517. The summed E-state index contributed by atoms with van der Waals surface area (Å²) in [6, 6.07) is 15.5. The number of nitrogens with zero attached hydrogens (tertiary/aromatic N) is 2. The normalized spacial score (nSPS) is 15.4. The number of hydrogen-bond donors (Lipinski definition) is 0. The lowest BCUT2D eigenvalue weighted by Crippen LogP contribution is -2.22. The first-order valence-corrected chi connectivity index (χ1v) is 8.38. The van der Waals surface area contributed by atoms with E-state index in [1.54, 1.807) is 12.3 Å². The molecule has 0 fully saturated rings. The van der Waals surface area contributed by atoms with Gasteiger partial charge in [0, 0.05) is 23.5 Å². The zero-order valence-corrected chi connectivity index (χ0v) is 13.7. The largest absolute Gasteiger partial charge is 0.465 e. The molecule has 1 aliphatic heterocycles. The molecule has 0 N–H and O–H groups in total. The fraction of sp³-hybridized carbons (Fsp3) is 0.111. The van der Waals surface area contributed by atoms with Crippen molar-refractivity contribution in [2.45, 2.75) is 6.23 Å². The Hall–Kier alpha value is -2.40. The van der Waals surface area contributed by atoms with Crippen LogP contribution < -0.4 is 4.74 Å². The first-order valence-electron chi connectivity index (χ1n) is 7.26. The fourth-order valence-corrected chi connectivity index (χ4v) is 3.11. The SMILES string of the molecule is O=C(CBr)c1ccc2c(c1)OC(c1ccccc1)n1ccnc1-2. The van der Waals surface area contributed by atoms with Gasteiger partial charge in [0.15, 0.2) is 5.78 Å². The lowest BCUT2D eigenvalue weighted by Gasteiger charge is -2.28. The molecule has 23 heavy (non-hydrogen) atoms. The minimum Gasteiger partial charge on any atom is -0.465 e. The third kappa shape index (κ3) is 2.37. The third-order valence-electron chi connectivity index (χ3n) is 3.91. The van der Waals surface area contributed by atoms with Crippen molar-refractivity contribution in [2.24, 2.45) is 0 Å². The van der Waals surface area contributed by atoms with E-state index in [2.05, 4.69) is 20.9 Å². The van der Waals surface area contributed by atoms with E-state index in [-0.39, 0.29) is 12.0 Å². The van der Waals surface area contributed by atoms with Gasteiger partial charge in [0.2, 0.25) is 6.23 Å². The molecule has 0 radical (unpaired) electrons. The van der Waals surface area contributed by atoms with Crippen molar-refractivity contribution in [1.82, 2.24) is 9.55 Å². The van der Waals surface area contributed by atoms with E-state index in [1.165, 1.54) is 0 Å². The van der Waals surface area contributed by atoms with Crippen LogP contribution in [0.15, 0.2) is 60.9 Å². The number of Topliss-reactive ketones (excluding diaryl/α,β-unsaturated/α-hetero) is 1. The predicted octanol–water partition coefficient (Wildman–Crippen LogP) is 4.07. The van der Waals surface area contributed by atoms with Gasteiger partial charge in [-0.3, -0.25) is 9.36 Å². The molecule has 0 bridgehead atoms. The van der Waals surface area contributed by atoms with E-state index in [0.29, 0.717) is 16.6 Å². The molecule has 1 atom stereocenters. The minimum absolute atomic E-state index is 0.0292. The molecule has 0 amide bonds. The van der Waals surface area contributed by atoms with E-state index in [1.807, 2.05) is 53.2 Å². The molecule has 4 nitrogen and oxygen atoms in total. The smallest absolute Gasteiger partial charge is 0.203 e. The molecule has 2 heterocycles. The van der Waals surface area contributed by atoms with Gasteiger partial charge in [0.05, 0.1) is 10.9 Å². The lowest BCUT2D eigenvalue weighted by atomic mass is 10.0. The molecule has 3 aromatic rings. The maximum atomic E-state index is 11.9. The maximum Gasteiger partial charge on any atom is 0.203 e. The Bertz CT molecular complexity index is 874. The van der Waals surface area contributed by atoms with Crippen molar-refractivity contribution in [3.8, 4) is 17.1 Å². The van der Waals surface area contributed by atoms with Crippen LogP contribution in [0.5, 0.6) is 5.75 Å². The van der Waals surface area contributed by atoms with Crippen molar-refractivity contribution in [1.29, 1.82) is 0 Å². The number of halogens is 1. The molecule has 0 spiro atoms. The van der Waals surface area contributed by atoms with E-state index in [4.69, 9.17) is 4.74 Å². The number of hydrogen-bond acceptors (Lipinski definition) is 3. The molecule has 0 saturated carbocycles. The minimum atomic E-state index is -0.282. The number of carbonyl (C=O) groups excluding carboxylic acids is 1. The molecule has 0 saturated heterocycles. The van der Waals surface area contributed by atoms with Crippen LogP contribution in [0.3, 0.4) is 0 Å². The second kappa shape index (κ2) is 5.66. The van der Waals surface area contributed by atoms with Crippen LogP contribution in [-0.2, 0) is 0 Å². The summed E-state index contributed by atoms with van der Waals surface area (Å²) in [6.45, 7) is 0. The molecular weight excluding hydrogens is 356 g/mol. The van der Waals surface area contributed by atoms with E-state index < -0.39 is 0 Å². The topological polar surface area (TPSA) is 44.1 Å². The van der Waals surface area contributed by atoms with Crippen LogP contribution in [-0.4, -0.2) is 20.7 Å². The highest BCUT2D eigenvalue weighted by atomic mass is 79.9. The van der Waals surface area contributed by atoms with Crippen molar-refractivity contribution >= 4 is 21.7 Å². The summed E-state index contributed by atoms with van der Waals surface area (Å²) >= 11 is 3.21. The standard InChI is InChI=1S/C18H13BrN2O2/c19-11-15(22)13-6-7-14-16(10-13)23-18(12-4-2-1-3-5-12)21-9-8-20-17(14)21/h1-10,18H,11H2. The molecule has 1 aromatic heterocycles. The van der Waals surface area contributed by atoms with Crippen LogP contribution >= 0.6 is 15.9 Å². The third-order valence-corrected chi connectivity index (χ3v) is 4.42. The van der Waals surface area contributed by atoms with Gasteiger partial charge in [-0.15, -0.1) is 0 Å². The van der Waals surface area contributed by atoms with Crippen molar-refractivity contribution in [2.75, 3.05) is 5.33 Å². The number of aromatic nitrogens is 2. The summed E-state index contributed by atoms with van der Waals surface area (Å²) in [7, 11) is 0. The van der Waals surface area contributed by atoms with Crippen LogP contribution in [0.2, 0.25) is 0 Å². The number of ketones is 1. The summed E-state index contributed by atoms with van der Waals surface area (Å²) < 4.78 is 8.20. The second-order valence-electron chi connectivity index (χ2n) is 5.31. The molecule has 1 aliphatic rings. The average molecular weight is 369 g/mol. The average Bonchev–Trinajstić information content (AvgIpc) is 3.10. The van der Waals surface area contributed by atoms with E-state index >= 15 is 0 Å². The Morgan fingerprint density at radius 2 is 2.04 bits per heavy atom. The maximum absolute atomic E-state index is 11.9. The van der Waals surface area contributed by atoms with Crippen LogP contribution in [0, 0.1) is 0 Å². The summed E-state index contributed by atoms with van der Waals surface area (Å²) in [5, 5.41) is 0.294. The number of rotatable bonds is 3. The highest BCUT2D eigenvalue weighted by Gasteiger charge is 2.27. The molecular formula is C18H13BrN2O2. The molecule has 2 aromatic carbocycles. The summed E-state index contributed by atoms with van der Waals surface area (Å²) in [4.78, 5) is 16.4. The van der Waals surface area contributed by atoms with Gasteiger partial charge in [-0.1, -0.05) is 52.3 Å². The summed E-state index contributed by atoms with van der Waals surface area (Å²) in [6.07, 6.45) is 3.39. The van der Waals surface area contributed by atoms with E-state index in [0.717, 1.165) is 17.0 Å². The van der Waals surface area contributed by atoms with Crippen LogP contribution in [0.25, 0.3) is 11.4 Å². The van der Waals surface area contributed by atoms with Gasteiger partial charge in [-0.2, -0.15) is 0 Å². The van der Waals surface area contributed by atoms with Gasteiger partial charge >= 0.3 is 0 Å². The Morgan fingerprint density at radius 3 is 2.83 bits per heavy atom. The molecule has 5 heteroatoms. The highest BCUT2D eigenvalue weighted by molar-refractivity contribution is 9.09. The van der Waals surface area contributed by atoms with Gasteiger partial charge in [-0.25, -0.2) is 4.98 Å². The Morgan fingerprint density at radius 1 is 1.22 bits per heavy atom. The fourth-order valence-electron chi connectivity index (χ4n) is 2.79. The zero-order valence-electron chi connectivity index (χ0n) is 12.1. The molecule has 0 aliphatic carbocycles. The number of fused-ring (bicyclic) bond motifs is 3. The van der Waals surface area contributed by atoms with Gasteiger partial charge < -0.3 is 4.74 Å². The van der Waals surface area contributed by atoms with Gasteiger partial charge in [-0.05, 0) is 12.1 Å². The van der Waals surface area contributed by atoms with Crippen molar-refractivity contribution in [3.63, 3.8) is 0 Å². The second-order valence-corrected chi connectivity index (χ2v) is 5.87. The Labute approximate surface area is 141 Å². The van der Waals surface area contributed by atoms with E-state index in [9.17, 15) is 4.79 Å². The number of ether oxygens (including phenoxy) is 1.